The first-order valence-corrected chi connectivity index (χ1v) is 7.78. The number of hydrogen-bond acceptors (Lipinski definition) is 5. The van der Waals surface area contributed by atoms with Gasteiger partial charge >= 0.3 is 5.97 Å². The zero-order valence-corrected chi connectivity index (χ0v) is 14.4. The van der Waals surface area contributed by atoms with Gasteiger partial charge in [0, 0.05) is 12.2 Å². The number of halogens is 1. The van der Waals surface area contributed by atoms with Gasteiger partial charge < -0.3 is 15.0 Å². The lowest BCUT2D eigenvalue weighted by Gasteiger charge is -2.23. The van der Waals surface area contributed by atoms with Crippen molar-refractivity contribution in [2.24, 2.45) is 0 Å². The molecule has 0 aliphatic carbocycles. The van der Waals surface area contributed by atoms with Crippen LogP contribution in [0, 0.1) is 0 Å². The van der Waals surface area contributed by atoms with E-state index in [-0.39, 0.29) is 31.4 Å². The summed E-state index contributed by atoms with van der Waals surface area (Å²) in [6, 6.07) is 11.8. The Bertz CT molecular complexity index is 605. The van der Waals surface area contributed by atoms with E-state index in [2.05, 4.69) is 15.4 Å². The number of hydrogen-bond donors (Lipinski definition) is 1. The zero-order valence-electron chi connectivity index (χ0n) is 12.7. The maximum atomic E-state index is 12.0. The predicted octanol–water partition coefficient (Wildman–Crippen LogP) is 2.47. The van der Waals surface area contributed by atoms with Gasteiger partial charge in [-0.1, -0.05) is 18.2 Å². The molecule has 7 heteroatoms. The number of anilines is 1. The Morgan fingerprint density at radius 3 is 2.57 bits per heavy atom. The lowest BCUT2D eigenvalue weighted by Crippen LogP contribution is -2.39. The number of ether oxygens (including phenoxy) is 1. The summed E-state index contributed by atoms with van der Waals surface area (Å²) in [6.07, 6.45) is 0. The number of thiophene rings is 1. The van der Waals surface area contributed by atoms with Gasteiger partial charge in [-0.3, -0.25) is 9.59 Å². The molecule has 1 N–H and O–H groups in total. The highest BCUT2D eigenvalue weighted by atomic mass is 35.5. The number of benzene rings is 1. The molecular formula is C16H19ClN2O3S. The second-order valence-corrected chi connectivity index (χ2v) is 5.46. The van der Waals surface area contributed by atoms with Crippen LogP contribution in [-0.2, 0) is 20.9 Å². The van der Waals surface area contributed by atoms with Gasteiger partial charge in [-0.05, 0) is 34.5 Å². The van der Waals surface area contributed by atoms with E-state index in [0.29, 0.717) is 6.54 Å². The minimum atomic E-state index is -0.461. The van der Waals surface area contributed by atoms with Gasteiger partial charge in [0.15, 0.2) is 0 Å². The predicted molar refractivity (Wildman–Crippen MR) is 94.1 cm³/mol. The summed E-state index contributed by atoms with van der Waals surface area (Å²) in [5, 5.41) is 6.63. The first-order chi connectivity index (χ1) is 10.7. The average molecular weight is 355 g/mol. The highest BCUT2D eigenvalue weighted by Gasteiger charge is 2.13. The third-order valence-electron chi connectivity index (χ3n) is 3.07. The van der Waals surface area contributed by atoms with Crippen LogP contribution in [-0.4, -0.2) is 32.1 Å². The molecule has 23 heavy (non-hydrogen) atoms. The fourth-order valence-corrected chi connectivity index (χ4v) is 2.61. The van der Waals surface area contributed by atoms with Gasteiger partial charge in [0.25, 0.3) is 0 Å². The second-order valence-electron chi connectivity index (χ2n) is 4.68. The fraction of sp³-hybridized carbons (Fsp3) is 0.250. The third-order valence-corrected chi connectivity index (χ3v) is 3.80. The standard InChI is InChI=1S/C16H18N2O3S.ClH/c1-21-16(20)9-17-15(19)11-18(10-13-7-8-22-12-13)14-5-3-2-4-6-14;/h2-8,12H,9-11H2,1H3,(H,17,19);1H. The van der Waals surface area contributed by atoms with E-state index in [0.717, 1.165) is 11.3 Å². The summed E-state index contributed by atoms with van der Waals surface area (Å²) in [6.45, 7) is 0.701. The zero-order chi connectivity index (χ0) is 15.8. The van der Waals surface area contributed by atoms with Crippen LogP contribution in [0.4, 0.5) is 5.69 Å². The SMILES string of the molecule is COC(=O)CNC(=O)CN(Cc1ccsc1)c1ccccc1.Cl. The van der Waals surface area contributed by atoms with Gasteiger partial charge in [0.2, 0.25) is 5.91 Å². The Morgan fingerprint density at radius 2 is 1.96 bits per heavy atom. The van der Waals surface area contributed by atoms with Crippen molar-refractivity contribution in [3.8, 4) is 0 Å². The molecule has 0 aliphatic rings. The first-order valence-electron chi connectivity index (χ1n) is 6.83. The number of para-hydroxylation sites is 1. The molecule has 0 unspecified atom stereocenters. The molecule has 5 nitrogen and oxygen atoms in total. The van der Waals surface area contributed by atoms with E-state index in [1.807, 2.05) is 46.7 Å². The van der Waals surface area contributed by atoms with Crippen molar-refractivity contribution < 1.29 is 14.3 Å². The second kappa shape index (κ2) is 9.86. The molecule has 0 aliphatic heterocycles. The monoisotopic (exact) mass is 354 g/mol. The Kier molecular flexibility index (Phi) is 8.15. The molecule has 0 fully saturated rings. The number of rotatable bonds is 7. The third kappa shape index (κ3) is 6.30. The van der Waals surface area contributed by atoms with E-state index in [4.69, 9.17) is 0 Å². The van der Waals surface area contributed by atoms with E-state index in [1.165, 1.54) is 7.11 Å². The van der Waals surface area contributed by atoms with Crippen LogP contribution in [0.5, 0.6) is 0 Å². The molecule has 0 atom stereocenters. The lowest BCUT2D eigenvalue weighted by molar-refractivity contribution is -0.141. The van der Waals surface area contributed by atoms with Crippen molar-refractivity contribution in [3.63, 3.8) is 0 Å². The number of amides is 1. The van der Waals surface area contributed by atoms with E-state index in [9.17, 15) is 9.59 Å². The smallest absolute Gasteiger partial charge is 0.325 e. The van der Waals surface area contributed by atoms with Gasteiger partial charge in [-0.15, -0.1) is 12.4 Å². The Labute approximate surface area is 145 Å². The fourth-order valence-electron chi connectivity index (χ4n) is 1.95. The molecule has 0 radical (unpaired) electrons. The van der Waals surface area contributed by atoms with Gasteiger partial charge in [0.05, 0.1) is 13.7 Å². The summed E-state index contributed by atoms with van der Waals surface area (Å²) >= 11 is 1.62. The molecule has 1 aromatic heterocycles. The summed E-state index contributed by atoms with van der Waals surface area (Å²) in [4.78, 5) is 25.1. The van der Waals surface area contributed by atoms with Crippen LogP contribution in [0.2, 0.25) is 0 Å². The quantitative estimate of drug-likeness (QED) is 0.776. The van der Waals surface area contributed by atoms with Crippen LogP contribution in [0.15, 0.2) is 47.2 Å². The number of carbonyl (C=O) groups excluding carboxylic acids is 2. The molecular weight excluding hydrogens is 336 g/mol. The molecule has 0 spiro atoms. The van der Waals surface area contributed by atoms with Crippen molar-refractivity contribution in [2.75, 3.05) is 25.1 Å². The lowest BCUT2D eigenvalue weighted by atomic mass is 10.2. The van der Waals surface area contributed by atoms with E-state index >= 15 is 0 Å². The number of carbonyl (C=O) groups is 2. The molecule has 0 saturated carbocycles. The van der Waals surface area contributed by atoms with Crippen molar-refractivity contribution >= 4 is 41.3 Å². The Hall–Kier alpha value is -2.05. The number of nitrogens with one attached hydrogen (secondary N) is 1. The summed E-state index contributed by atoms with van der Waals surface area (Å²) in [5.74, 6) is -0.679. The van der Waals surface area contributed by atoms with Crippen LogP contribution in [0.25, 0.3) is 0 Å². The van der Waals surface area contributed by atoms with Crippen molar-refractivity contribution in [3.05, 3.63) is 52.7 Å². The average Bonchev–Trinajstić information content (AvgIpc) is 3.06. The van der Waals surface area contributed by atoms with Crippen LogP contribution in [0.3, 0.4) is 0 Å². The minimum absolute atomic E-state index is 0. The number of nitrogens with zero attached hydrogens (tertiary/aromatic N) is 1. The Morgan fingerprint density at radius 1 is 1.22 bits per heavy atom. The molecule has 124 valence electrons. The molecule has 2 aromatic rings. The van der Waals surface area contributed by atoms with Gasteiger partial charge in [0.1, 0.15) is 6.54 Å². The van der Waals surface area contributed by atoms with Crippen molar-refractivity contribution in [1.82, 2.24) is 5.32 Å². The number of methoxy groups -OCH3 is 1. The summed E-state index contributed by atoms with van der Waals surface area (Å²) in [5.41, 5.74) is 2.11. The van der Waals surface area contributed by atoms with Gasteiger partial charge in [-0.2, -0.15) is 11.3 Å². The van der Waals surface area contributed by atoms with Gasteiger partial charge in [-0.25, -0.2) is 0 Å². The normalized spacial score (nSPS) is 9.61. The molecule has 1 aromatic carbocycles. The number of esters is 1. The molecule has 1 amide bonds. The maximum absolute atomic E-state index is 12.0. The molecule has 0 saturated heterocycles. The van der Waals surface area contributed by atoms with Crippen molar-refractivity contribution in [2.45, 2.75) is 6.54 Å². The van der Waals surface area contributed by atoms with E-state index in [1.54, 1.807) is 11.3 Å². The van der Waals surface area contributed by atoms with Crippen LogP contribution in [0.1, 0.15) is 5.56 Å². The largest absolute Gasteiger partial charge is 0.468 e. The van der Waals surface area contributed by atoms with E-state index < -0.39 is 5.97 Å². The van der Waals surface area contributed by atoms with Crippen LogP contribution >= 0.6 is 23.7 Å². The summed E-state index contributed by atoms with van der Waals surface area (Å²) < 4.78 is 4.51. The van der Waals surface area contributed by atoms with Crippen LogP contribution < -0.4 is 10.2 Å². The highest BCUT2D eigenvalue weighted by Crippen LogP contribution is 2.17. The van der Waals surface area contributed by atoms with Crippen molar-refractivity contribution in [1.29, 1.82) is 0 Å². The first kappa shape index (κ1) is 19.0. The minimum Gasteiger partial charge on any atom is -0.468 e. The molecule has 1 heterocycles. The molecule has 0 bridgehead atoms. The highest BCUT2D eigenvalue weighted by molar-refractivity contribution is 7.07. The topological polar surface area (TPSA) is 58.6 Å². The molecule has 2 rings (SSSR count). The Balaban J connectivity index is 0.00000264. The summed E-state index contributed by atoms with van der Waals surface area (Å²) in [7, 11) is 1.29. The maximum Gasteiger partial charge on any atom is 0.325 e.